The predicted octanol–water partition coefficient (Wildman–Crippen LogP) is 2.19. The monoisotopic (exact) mass is 417 g/mol. The number of halogens is 1. The second-order valence-corrected chi connectivity index (χ2v) is 8.67. The Labute approximate surface area is 172 Å². The first-order valence-corrected chi connectivity index (χ1v) is 9.91. The van der Waals surface area contributed by atoms with Crippen LogP contribution >= 0.6 is 11.6 Å². The maximum absolute atomic E-state index is 13.5. The number of hydrogen-bond donors (Lipinski definition) is 1. The van der Waals surface area contributed by atoms with Gasteiger partial charge in [0.1, 0.15) is 12.3 Å². The Balaban J connectivity index is 1.56. The lowest BCUT2D eigenvalue weighted by Crippen LogP contribution is -2.61. The van der Waals surface area contributed by atoms with Gasteiger partial charge in [-0.2, -0.15) is 5.26 Å². The molecule has 0 saturated carbocycles. The maximum Gasteiger partial charge on any atom is 0.407 e. The van der Waals surface area contributed by atoms with E-state index in [0.717, 1.165) is 0 Å². The number of nitrogens with zero attached hydrogens (tertiary/aromatic N) is 2. The zero-order valence-corrected chi connectivity index (χ0v) is 16.7. The highest BCUT2D eigenvalue weighted by molar-refractivity contribution is 6.32. The van der Waals surface area contributed by atoms with Gasteiger partial charge < -0.3 is 19.5 Å². The van der Waals surface area contributed by atoms with Crippen LogP contribution < -0.4 is 10.2 Å². The molecule has 1 spiro atoms. The Kier molecular flexibility index (Phi) is 3.92. The summed E-state index contributed by atoms with van der Waals surface area (Å²) in [5.41, 5.74) is -0.445. The van der Waals surface area contributed by atoms with Gasteiger partial charge in [0.25, 0.3) is 0 Å². The average Bonchev–Trinajstić information content (AvgIpc) is 3.25. The van der Waals surface area contributed by atoms with Gasteiger partial charge in [-0.15, -0.1) is 0 Å². The van der Waals surface area contributed by atoms with Gasteiger partial charge in [0, 0.05) is 18.5 Å². The summed E-state index contributed by atoms with van der Waals surface area (Å²) in [7, 11) is 1.33. The summed E-state index contributed by atoms with van der Waals surface area (Å²) in [6, 6.07) is 6.71. The second-order valence-electron chi connectivity index (χ2n) is 8.26. The smallest absolute Gasteiger partial charge is 0.407 e. The van der Waals surface area contributed by atoms with Crippen molar-refractivity contribution in [1.82, 2.24) is 5.32 Å². The zero-order valence-electron chi connectivity index (χ0n) is 16.0. The molecule has 4 heterocycles. The molecule has 2 amide bonds. The van der Waals surface area contributed by atoms with E-state index in [1.54, 1.807) is 23.1 Å². The molecule has 1 aromatic carbocycles. The topological polar surface area (TPSA) is 101 Å². The highest BCUT2D eigenvalue weighted by atomic mass is 35.5. The summed E-state index contributed by atoms with van der Waals surface area (Å²) in [6.45, 7) is 2.33. The van der Waals surface area contributed by atoms with E-state index in [0.29, 0.717) is 30.7 Å². The molecule has 4 fully saturated rings. The summed E-state index contributed by atoms with van der Waals surface area (Å²) in [5, 5.41) is 12.3. The van der Waals surface area contributed by atoms with Gasteiger partial charge in [-0.25, -0.2) is 4.79 Å². The van der Waals surface area contributed by atoms with Gasteiger partial charge in [-0.1, -0.05) is 11.6 Å². The number of methoxy groups -OCH3 is 1. The summed E-state index contributed by atoms with van der Waals surface area (Å²) >= 11 is 6.21. The SMILES string of the molecule is COC(=O)N[C@H]1C[C@@]2(C)O[C@@]13CCO[C@H]1[C@@H]3[C@@H]2C(=O)N1c1ccc(C#N)c(Cl)c1. The first-order valence-electron chi connectivity index (χ1n) is 9.53. The summed E-state index contributed by atoms with van der Waals surface area (Å²) < 4.78 is 17.3. The first-order chi connectivity index (χ1) is 13.8. The molecular formula is C20H20ClN3O5. The molecule has 1 N–H and O–H groups in total. The van der Waals surface area contributed by atoms with Gasteiger partial charge in [0.05, 0.1) is 53.4 Å². The van der Waals surface area contributed by atoms with Crippen molar-refractivity contribution in [2.45, 2.75) is 43.2 Å². The largest absolute Gasteiger partial charge is 0.453 e. The Bertz CT molecular complexity index is 964. The second kappa shape index (κ2) is 6.08. The Morgan fingerprint density at radius 2 is 2.28 bits per heavy atom. The molecule has 8 nitrogen and oxygen atoms in total. The number of anilines is 1. The zero-order chi connectivity index (χ0) is 20.6. The van der Waals surface area contributed by atoms with Crippen LogP contribution in [-0.4, -0.2) is 49.2 Å². The van der Waals surface area contributed by atoms with Gasteiger partial charge in [-0.3, -0.25) is 9.69 Å². The van der Waals surface area contributed by atoms with Crippen molar-refractivity contribution < 1.29 is 23.8 Å². The molecule has 0 unspecified atom stereocenters. The molecule has 29 heavy (non-hydrogen) atoms. The number of nitrogens with one attached hydrogen (secondary N) is 1. The van der Waals surface area contributed by atoms with Crippen LogP contribution in [0.15, 0.2) is 18.2 Å². The minimum atomic E-state index is -0.704. The number of carbonyl (C=O) groups is 2. The van der Waals surface area contributed by atoms with E-state index in [2.05, 4.69) is 5.32 Å². The predicted molar refractivity (Wildman–Crippen MR) is 101 cm³/mol. The summed E-state index contributed by atoms with van der Waals surface area (Å²) in [6.07, 6.45) is 0.0894. The number of amides is 2. The molecule has 0 radical (unpaired) electrons. The number of rotatable bonds is 2. The van der Waals surface area contributed by atoms with Gasteiger partial charge >= 0.3 is 6.09 Å². The first kappa shape index (κ1) is 18.7. The quantitative estimate of drug-likeness (QED) is 0.791. The molecule has 4 aliphatic heterocycles. The number of hydrogen-bond acceptors (Lipinski definition) is 6. The summed E-state index contributed by atoms with van der Waals surface area (Å²) in [4.78, 5) is 27.1. The molecule has 152 valence electrons. The molecule has 0 aliphatic carbocycles. The minimum Gasteiger partial charge on any atom is -0.453 e. The van der Waals surface area contributed by atoms with Crippen molar-refractivity contribution in [3.05, 3.63) is 28.8 Å². The van der Waals surface area contributed by atoms with Crippen LogP contribution in [0.4, 0.5) is 10.5 Å². The third-order valence-electron chi connectivity index (χ3n) is 6.88. The third-order valence-corrected chi connectivity index (χ3v) is 7.19. The Hall–Kier alpha value is -2.34. The lowest BCUT2D eigenvalue weighted by atomic mass is 9.64. The number of nitriles is 1. The highest BCUT2D eigenvalue weighted by Gasteiger charge is 2.78. The Morgan fingerprint density at radius 1 is 1.48 bits per heavy atom. The van der Waals surface area contributed by atoms with E-state index in [-0.39, 0.29) is 28.8 Å². The van der Waals surface area contributed by atoms with E-state index in [9.17, 15) is 9.59 Å². The van der Waals surface area contributed by atoms with Crippen LogP contribution in [0, 0.1) is 23.2 Å². The van der Waals surface area contributed by atoms with E-state index in [1.807, 2.05) is 13.0 Å². The fourth-order valence-electron chi connectivity index (χ4n) is 5.84. The third kappa shape index (κ3) is 2.32. The van der Waals surface area contributed by atoms with Crippen molar-refractivity contribution in [3.63, 3.8) is 0 Å². The lowest BCUT2D eigenvalue weighted by Gasteiger charge is -2.45. The van der Waals surface area contributed by atoms with Crippen LogP contribution in [0.3, 0.4) is 0 Å². The standard InChI is InChI=1S/C20H20ClN3O5/c1-19-8-13(23-18(26)27-2)20(29-19)5-6-28-17-15(20)14(19)16(25)24(17)11-4-3-10(9-22)12(21)7-11/h3-4,7,13-15,17H,5-6,8H2,1-2H3,(H,23,26)/t13-,14+,15-,17-,19+,20-/m0/s1. The molecule has 9 heteroatoms. The number of carbonyl (C=O) groups excluding carboxylic acids is 2. The number of fused-ring (bicyclic) bond motifs is 2. The van der Waals surface area contributed by atoms with E-state index < -0.39 is 23.5 Å². The van der Waals surface area contributed by atoms with Crippen molar-refractivity contribution in [3.8, 4) is 6.07 Å². The molecule has 2 bridgehead atoms. The number of ether oxygens (including phenoxy) is 3. The van der Waals surface area contributed by atoms with Crippen molar-refractivity contribution in [1.29, 1.82) is 5.26 Å². The number of benzene rings is 1. The maximum atomic E-state index is 13.5. The fraction of sp³-hybridized carbons (Fsp3) is 0.550. The molecular weight excluding hydrogens is 398 g/mol. The van der Waals surface area contributed by atoms with Gasteiger partial charge in [0.15, 0.2) is 0 Å². The molecule has 0 aromatic heterocycles. The van der Waals surface area contributed by atoms with E-state index >= 15 is 0 Å². The summed E-state index contributed by atoms with van der Waals surface area (Å²) in [5.74, 6) is -0.680. The van der Waals surface area contributed by atoms with E-state index in [4.69, 9.17) is 31.1 Å². The molecule has 1 aromatic rings. The van der Waals surface area contributed by atoms with Crippen LogP contribution in [-0.2, 0) is 19.0 Å². The van der Waals surface area contributed by atoms with Crippen LogP contribution in [0.1, 0.15) is 25.3 Å². The average molecular weight is 418 g/mol. The van der Waals surface area contributed by atoms with Crippen LogP contribution in [0.2, 0.25) is 5.02 Å². The fourth-order valence-corrected chi connectivity index (χ4v) is 6.05. The highest BCUT2D eigenvalue weighted by Crippen LogP contribution is 2.65. The lowest BCUT2D eigenvalue weighted by molar-refractivity contribution is -0.143. The Morgan fingerprint density at radius 3 is 2.97 bits per heavy atom. The van der Waals surface area contributed by atoms with Crippen molar-refractivity contribution >= 4 is 29.3 Å². The van der Waals surface area contributed by atoms with E-state index in [1.165, 1.54) is 7.11 Å². The van der Waals surface area contributed by atoms with Crippen molar-refractivity contribution in [2.24, 2.45) is 11.8 Å². The van der Waals surface area contributed by atoms with Crippen molar-refractivity contribution in [2.75, 3.05) is 18.6 Å². The molecule has 6 atom stereocenters. The van der Waals surface area contributed by atoms with Gasteiger partial charge in [0.2, 0.25) is 5.91 Å². The minimum absolute atomic E-state index is 0.0800. The van der Waals surface area contributed by atoms with Crippen LogP contribution in [0.5, 0.6) is 0 Å². The van der Waals surface area contributed by atoms with Gasteiger partial charge in [-0.05, 0) is 25.1 Å². The molecule has 4 saturated heterocycles. The normalized spacial score (nSPS) is 39.2. The van der Waals surface area contributed by atoms with Crippen LogP contribution in [0.25, 0.3) is 0 Å². The molecule has 5 rings (SSSR count). The molecule has 4 aliphatic rings. The number of alkyl carbamates (subject to hydrolysis) is 1.